The Hall–Kier alpha value is -2.49. The summed E-state index contributed by atoms with van der Waals surface area (Å²) >= 11 is 0. The second kappa shape index (κ2) is 9.27. The first-order valence-corrected chi connectivity index (χ1v) is 9.16. The third-order valence-electron chi connectivity index (χ3n) is 4.51. The van der Waals surface area contributed by atoms with Gasteiger partial charge in [-0.15, -0.1) is 0 Å². The largest absolute Gasteiger partial charge is 0.497 e. The highest BCUT2D eigenvalue weighted by Gasteiger charge is 2.22. The minimum atomic E-state index is -0.510. The van der Waals surface area contributed by atoms with Crippen LogP contribution in [0.15, 0.2) is 42.5 Å². The predicted molar refractivity (Wildman–Crippen MR) is 105 cm³/mol. The third-order valence-corrected chi connectivity index (χ3v) is 4.51. The third kappa shape index (κ3) is 5.01. The molecule has 2 atom stereocenters. The van der Waals surface area contributed by atoms with Crippen molar-refractivity contribution in [3.63, 3.8) is 0 Å². The fourth-order valence-corrected chi connectivity index (χ4v) is 2.93. The first-order chi connectivity index (χ1) is 12.5. The maximum absolute atomic E-state index is 12.8. The first-order valence-electron chi connectivity index (χ1n) is 9.16. The van der Waals surface area contributed by atoms with Crippen LogP contribution in [0.5, 0.6) is 11.5 Å². The Balaban J connectivity index is 2.08. The van der Waals surface area contributed by atoms with Crippen molar-refractivity contribution in [2.75, 3.05) is 7.11 Å². The average molecular weight is 355 g/mol. The summed E-state index contributed by atoms with van der Waals surface area (Å²) in [5.74, 6) is 1.48. The zero-order valence-electron chi connectivity index (χ0n) is 16.3. The molecule has 2 aromatic carbocycles. The lowest BCUT2D eigenvalue weighted by Gasteiger charge is -2.23. The second-order valence-electron chi connectivity index (χ2n) is 6.53. The highest BCUT2D eigenvalue weighted by molar-refractivity contribution is 5.81. The van der Waals surface area contributed by atoms with Gasteiger partial charge >= 0.3 is 0 Å². The smallest absolute Gasteiger partial charge is 0.261 e. The fraction of sp³-hybridized carbons (Fsp3) is 0.409. The molecule has 2 rings (SSSR count). The Morgan fingerprint density at radius 1 is 1.04 bits per heavy atom. The molecule has 0 fully saturated rings. The molecule has 0 aliphatic rings. The molecule has 0 saturated heterocycles. The lowest BCUT2D eigenvalue weighted by atomic mass is 10.0. The topological polar surface area (TPSA) is 47.6 Å². The Morgan fingerprint density at radius 3 is 2.27 bits per heavy atom. The molecule has 26 heavy (non-hydrogen) atoms. The predicted octanol–water partition coefficient (Wildman–Crippen LogP) is 4.74. The molecule has 0 radical (unpaired) electrons. The molecule has 0 aromatic heterocycles. The van der Waals surface area contributed by atoms with Gasteiger partial charge < -0.3 is 14.8 Å². The van der Waals surface area contributed by atoms with E-state index in [2.05, 4.69) is 18.3 Å². The Bertz CT molecular complexity index is 725. The summed E-state index contributed by atoms with van der Waals surface area (Å²) in [5.41, 5.74) is 3.28. The molecule has 0 unspecified atom stereocenters. The fourth-order valence-electron chi connectivity index (χ4n) is 2.93. The van der Waals surface area contributed by atoms with Gasteiger partial charge in [-0.05, 0) is 56.0 Å². The van der Waals surface area contributed by atoms with Gasteiger partial charge in [0.2, 0.25) is 0 Å². The standard InChI is InChI=1S/C22H29NO3/c1-6-19(17-9-11-18(25-5)12-10-17)23-22(24)20(7-2)26-21-13-8-15(3)14-16(21)4/h8-14,19-20H,6-7H2,1-5H3,(H,23,24)/t19-,20-/m1/s1. The molecule has 2 aromatic rings. The maximum Gasteiger partial charge on any atom is 0.261 e. The van der Waals surface area contributed by atoms with Crippen LogP contribution in [-0.2, 0) is 4.79 Å². The molecule has 0 heterocycles. The van der Waals surface area contributed by atoms with Crippen LogP contribution in [-0.4, -0.2) is 19.1 Å². The molecular formula is C22H29NO3. The zero-order chi connectivity index (χ0) is 19.1. The summed E-state index contributed by atoms with van der Waals surface area (Å²) in [5, 5.41) is 3.12. The zero-order valence-corrected chi connectivity index (χ0v) is 16.3. The molecule has 0 aliphatic heterocycles. The van der Waals surface area contributed by atoms with E-state index in [1.807, 2.05) is 57.2 Å². The van der Waals surface area contributed by atoms with E-state index in [1.165, 1.54) is 5.56 Å². The molecule has 4 heteroatoms. The van der Waals surface area contributed by atoms with E-state index in [-0.39, 0.29) is 11.9 Å². The van der Waals surface area contributed by atoms with Gasteiger partial charge in [0.15, 0.2) is 6.10 Å². The van der Waals surface area contributed by atoms with Crippen LogP contribution < -0.4 is 14.8 Å². The number of carbonyl (C=O) groups is 1. The van der Waals surface area contributed by atoms with E-state index >= 15 is 0 Å². The minimum Gasteiger partial charge on any atom is -0.497 e. The molecule has 1 amide bonds. The number of ether oxygens (including phenoxy) is 2. The molecule has 4 nitrogen and oxygen atoms in total. The summed E-state index contributed by atoms with van der Waals surface area (Å²) in [6, 6.07) is 13.7. The Kier molecular flexibility index (Phi) is 7.07. The van der Waals surface area contributed by atoms with Crippen LogP contribution in [0.3, 0.4) is 0 Å². The second-order valence-corrected chi connectivity index (χ2v) is 6.53. The van der Waals surface area contributed by atoms with Crippen molar-refractivity contribution in [1.82, 2.24) is 5.32 Å². The van der Waals surface area contributed by atoms with Gasteiger partial charge in [-0.25, -0.2) is 0 Å². The quantitative estimate of drug-likeness (QED) is 0.744. The van der Waals surface area contributed by atoms with Crippen LogP contribution in [0, 0.1) is 13.8 Å². The maximum atomic E-state index is 12.8. The van der Waals surface area contributed by atoms with E-state index in [9.17, 15) is 4.79 Å². The van der Waals surface area contributed by atoms with Crippen molar-refractivity contribution in [1.29, 1.82) is 0 Å². The summed E-state index contributed by atoms with van der Waals surface area (Å²) < 4.78 is 11.2. The molecule has 0 spiro atoms. The Labute approximate surface area is 156 Å². The van der Waals surface area contributed by atoms with Gasteiger partial charge in [-0.1, -0.05) is 43.7 Å². The number of benzene rings is 2. The number of carbonyl (C=O) groups excluding carboxylic acids is 1. The van der Waals surface area contributed by atoms with Gasteiger partial charge in [0.05, 0.1) is 13.2 Å². The van der Waals surface area contributed by atoms with Gasteiger partial charge in [0.1, 0.15) is 11.5 Å². The van der Waals surface area contributed by atoms with Crippen molar-refractivity contribution in [3.8, 4) is 11.5 Å². The summed E-state index contributed by atoms with van der Waals surface area (Å²) in [6.07, 6.45) is 0.902. The van der Waals surface area contributed by atoms with Crippen LogP contribution in [0.25, 0.3) is 0 Å². The number of rotatable bonds is 8. The summed E-state index contributed by atoms with van der Waals surface area (Å²) in [4.78, 5) is 12.8. The van der Waals surface area contributed by atoms with Crippen molar-refractivity contribution < 1.29 is 14.3 Å². The first kappa shape index (κ1) is 19.8. The number of hydrogen-bond donors (Lipinski definition) is 1. The molecule has 0 aliphatic carbocycles. The van der Waals surface area contributed by atoms with Gasteiger partial charge in [-0.2, -0.15) is 0 Å². The molecule has 0 bridgehead atoms. The van der Waals surface area contributed by atoms with Gasteiger partial charge in [0, 0.05) is 0 Å². The van der Waals surface area contributed by atoms with Crippen LogP contribution in [0.4, 0.5) is 0 Å². The summed E-state index contributed by atoms with van der Waals surface area (Å²) in [6.45, 7) is 8.06. The van der Waals surface area contributed by atoms with Crippen molar-refractivity contribution >= 4 is 5.91 Å². The van der Waals surface area contributed by atoms with Crippen molar-refractivity contribution in [3.05, 3.63) is 59.2 Å². The Morgan fingerprint density at radius 2 is 1.73 bits per heavy atom. The lowest BCUT2D eigenvalue weighted by Crippen LogP contribution is -2.40. The molecule has 140 valence electrons. The van der Waals surface area contributed by atoms with E-state index in [1.54, 1.807) is 7.11 Å². The van der Waals surface area contributed by atoms with E-state index in [0.29, 0.717) is 6.42 Å². The van der Waals surface area contributed by atoms with E-state index in [0.717, 1.165) is 29.0 Å². The van der Waals surface area contributed by atoms with Gasteiger partial charge in [-0.3, -0.25) is 4.79 Å². The summed E-state index contributed by atoms with van der Waals surface area (Å²) in [7, 11) is 1.64. The van der Waals surface area contributed by atoms with Crippen molar-refractivity contribution in [2.24, 2.45) is 0 Å². The van der Waals surface area contributed by atoms with Crippen LogP contribution in [0.2, 0.25) is 0 Å². The van der Waals surface area contributed by atoms with Gasteiger partial charge in [0.25, 0.3) is 5.91 Å². The average Bonchev–Trinajstić information content (AvgIpc) is 2.65. The monoisotopic (exact) mass is 355 g/mol. The highest BCUT2D eigenvalue weighted by atomic mass is 16.5. The number of aryl methyl sites for hydroxylation is 2. The lowest BCUT2D eigenvalue weighted by molar-refractivity contribution is -0.129. The number of methoxy groups -OCH3 is 1. The molecule has 1 N–H and O–H groups in total. The van der Waals surface area contributed by atoms with Crippen LogP contribution in [0.1, 0.15) is 49.4 Å². The molecule has 0 saturated carbocycles. The van der Waals surface area contributed by atoms with Crippen molar-refractivity contribution in [2.45, 2.75) is 52.7 Å². The normalized spacial score (nSPS) is 13.0. The number of nitrogens with one attached hydrogen (secondary N) is 1. The van der Waals surface area contributed by atoms with Crippen LogP contribution >= 0.6 is 0 Å². The minimum absolute atomic E-state index is 0.0508. The number of amides is 1. The van der Waals surface area contributed by atoms with E-state index in [4.69, 9.17) is 9.47 Å². The highest BCUT2D eigenvalue weighted by Crippen LogP contribution is 2.23. The SMILES string of the molecule is CC[C@@H](Oc1ccc(C)cc1C)C(=O)N[C@H](CC)c1ccc(OC)cc1. The molecular weight excluding hydrogens is 326 g/mol. The number of hydrogen-bond acceptors (Lipinski definition) is 3. The van der Waals surface area contributed by atoms with E-state index < -0.39 is 6.10 Å².